The lowest BCUT2D eigenvalue weighted by molar-refractivity contribution is 0.881. The molecule has 0 aliphatic rings. The van der Waals surface area contributed by atoms with Crippen molar-refractivity contribution in [2.75, 3.05) is 11.9 Å². The lowest BCUT2D eigenvalue weighted by atomic mass is 10.4. The lowest BCUT2D eigenvalue weighted by Crippen LogP contribution is -2.00. The number of anilines is 1. The molecule has 0 bridgehead atoms. The fraction of sp³-hybridized carbons (Fsp3) is 0.286. The van der Waals surface area contributed by atoms with Crippen LogP contribution in [-0.2, 0) is 0 Å². The van der Waals surface area contributed by atoms with Gasteiger partial charge in [0.2, 0.25) is 5.82 Å². The van der Waals surface area contributed by atoms with Gasteiger partial charge < -0.3 is 5.32 Å². The van der Waals surface area contributed by atoms with Crippen LogP contribution in [0.5, 0.6) is 0 Å². The molecule has 0 aromatic carbocycles. The zero-order chi connectivity index (χ0) is 9.80. The maximum Gasteiger partial charge on any atom is 0.224 e. The summed E-state index contributed by atoms with van der Waals surface area (Å²) in [5.74, 6) is 1.18. The largest absolute Gasteiger partial charge is 0.369 e. The number of H-pyrrole nitrogens is 1. The van der Waals surface area contributed by atoms with Crippen LogP contribution >= 0.6 is 0 Å². The first-order valence-corrected chi connectivity index (χ1v) is 4.20. The molecule has 2 aromatic heterocycles. The molecule has 2 N–H and O–H groups in total. The highest BCUT2D eigenvalue weighted by molar-refractivity contribution is 5.47. The van der Waals surface area contributed by atoms with E-state index in [1.165, 1.54) is 0 Å². The standard InChI is InChI=1S/C7H9N7/c1-2-8-6-4-9-5(3-10-6)7-11-13-14-12-7/h3-4H,2H2,1H3,(H,8,10)(H,11,12,13,14). The minimum atomic E-state index is 0.445. The van der Waals surface area contributed by atoms with Crippen LogP contribution in [0.25, 0.3) is 11.5 Å². The molecule has 0 unspecified atom stereocenters. The van der Waals surface area contributed by atoms with E-state index >= 15 is 0 Å². The average molecular weight is 191 g/mol. The van der Waals surface area contributed by atoms with Crippen LogP contribution in [0.2, 0.25) is 0 Å². The third-order valence-corrected chi connectivity index (χ3v) is 1.58. The van der Waals surface area contributed by atoms with Crippen LogP contribution in [0.4, 0.5) is 5.82 Å². The first-order chi connectivity index (χ1) is 6.90. The number of rotatable bonds is 3. The molecule has 0 saturated carbocycles. The van der Waals surface area contributed by atoms with E-state index in [9.17, 15) is 0 Å². The smallest absolute Gasteiger partial charge is 0.224 e. The summed E-state index contributed by atoms with van der Waals surface area (Å²) in [4.78, 5) is 8.26. The first kappa shape index (κ1) is 8.54. The third-order valence-electron chi connectivity index (χ3n) is 1.58. The average Bonchev–Trinajstić information content (AvgIpc) is 2.72. The quantitative estimate of drug-likeness (QED) is 0.714. The van der Waals surface area contributed by atoms with Crippen LogP contribution < -0.4 is 5.32 Å². The summed E-state index contributed by atoms with van der Waals surface area (Å²) < 4.78 is 0. The van der Waals surface area contributed by atoms with Crippen molar-refractivity contribution in [3.05, 3.63) is 12.4 Å². The van der Waals surface area contributed by atoms with Gasteiger partial charge in [-0.15, -0.1) is 10.2 Å². The molecule has 0 fully saturated rings. The van der Waals surface area contributed by atoms with E-state index in [0.29, 0.717) is 11.5 Å². The van der Waals surface area contributed by atoms with Crippen molar-refractivity contribution in [2.45, 2.75) is 6.92 Å². The molecule has 0 atom stereocenters. The number of nitrogens with zero attached hydrogens (tertiary/aromatic N) is 5. The number of hydrogen-bond acceptors (Lipinski definition) is 6. The number of hydrogen-bond donors (Lipinski definition) is 2. The van der Waals surface area contributed by atoms with Crippen LogP contribution in [0.15, 0.2) is 12.4 Å². The number of aromatic amines is 1. The maximum absolute atomic E-state index is 4.13. The van der Waals surface area contributed by atoms with Gasteiger partial charge in [-0.1, -0.05) is 0 Å². The minimum Gasteiger partial charge on any atom is -0.369 e. The summed E-state index contributed by atoms with van der Waals surface area (Å²) in [5.41, 5.74) is 0.598. The van der Waals surface area contributed by atoms with Gasteiger partial charge in [0.25, 0.3) is 0 Å². The highest BCUT2D eigenvalue weighted by atomic mass is 15.5. The molecule has 72 valence electrons. The number of tetrazole rings is 1. The van der Waals surface area contributed by atoms with E-state index < -0.39 is 0 Å². The predicted octanol–water partition coefficient (Wildman–Crippen LogP) is 0.0885. The van der Waals surface area contributed by atoms with Crippen molar-refractivity contribution in [1.29, 1.82) is 0 Å². The van der Waals surface area contributed by atoms with Crippen molar-refractivity contribution in [3.8, 4) is 11.5 Å². The Bertz CT molecular complexity index is 379. The van der Waals surface area contributed by atoms with Gasteiger partial charge in [0.05, 0.1) is 12.4 Å². The van der Waals surface area contributed by atoms with Gasteiger partial charge in [-0.05, 0) is 12.1 Å². The second-order valence-corrected chi connectivity index (χ2v) is 2.55. The van der Waals surface area contributed by atoms with Crippen LogP contribution in [0.1, 0.15) is 6.92 Å². The van der Waals surface area contributed by atoms with E-state index in [-0.39, 0.29) is 0 Å². The Kier molecular flexibility index (Phi) is 2.30. The van der Waals surface area contributed by atoms with Gasteiger partial charge in [0.1, 0.15) is 11.5 Å². The SMILES string of the molecule is CCNc1cnc(-c2nn[nH]n2)cn1. The van der Waals surface area contributed by atoms with Gasteiger partial charge in [-0.25, -0.2) is 9.97 Å². The highest BCUT2D eigenvalue weighted by Gasteiger charge is 2.04. The van der Waals surface area contributed by atoms with Gasteiger partial charge in [0.15, 0.2) is 0 Å². The Labute approximate surface area is 80.0 Å². The molecule has 2 rings (SSSR count). The maximum atomic E-state index is 4.13. The molecule has 14 heavy (non-hydrogen) atoms. The highest BCUT2D eigenvalue weighted by Crippen LogP contribution is 2.09. The van der Waals surface area contributed by atoms with E-state index in [4.69, 9.17) is 0 Å². The van der Waals surface area contributed by atoms with Crippen molar-refractivity contribution in [3.63, 3.8) is 0 Å². The number of aromatic nitrogens is 6. The van der Waals surface area contributed by atoms with Crippen LogP contribution in [0.3, 0.4) is 0 Å². The van der Waals surface area contributed by atoms with E-state index in [1.807, 2.05) is 6.92 Å². The van der Waals surface area contributed by atoms with Gasteiger partial charge in [-0.3, -0.25) is 0 Å². The topological polar surface area (TPSA) is 92.3 Å². The summed E-state index contributed by atoms with van der Waals surface area (Å²) in [6, 6.07) is 0. The van der Waals surface area contributed by atoms with E-state index in [2.05, 4.69) is 35.9 Å². The van der Waals surface area contributed by atoms with E-state index in [1.54, 1.807) is 12.4 Å². The fourth-order valence-corrected chi connectivity index (χ4v) is 0.986. The molecule has 7 heteroatoms. The Morgan fingerprint density at radius 3 is 2.86 bits per heavy atom. The molecule has 0 aliphatic carbocycles. The molecule has 0 radical (unpaired) electrons. The van der Waals surface area contributed by atoms with Crippen molar-refractivity contribution < 1.29 is 0 Å². The summed E-state index contributed by atoms with van der Waals surface area (Å²) in [7, 11) is 0. The normalized spacial score (nSPS) is 10.1. The lowest BCUT2D eigenvalue weighted by Gasteiger charge is -2.00. The van der Waals surface area contributed by atoms with Crippen LogP contribution in [-0.4, -0.2) is 37.1 Å². The van der Waals surface area contributed by atoms with Gasteiger partial charge >= 0.3 is 0 Å². The molecule has 0 amide bonds. The van der Waals surface area contributed by atoms with Crippen molar-refractivity contribution in [1.82, 2.24) is 30.6 Å². The zero-order valence-corrected chi connectivity index (χ0v) is 7.60. The van der Waals surface area contributed by atoms with Crippen molar-refractivity contribution in [2.24, 2.45) is 0 Å². The second-order valence-electron chi connectivity index (χ2n) is 2.55. The number of nitrogens with one attached hydrogen (secondary N) is 2. The van der Waals surface area contributed by atoms with Gasteiger partial charge in [-0.2, -0.15) is 5.21 Å². The molecular weight excluding hydrogens is 182 g/mol. The van der Waals surface area contributed by atoms with Gasteiger partial charge in [0, 0.05) is 6.54 Å². The first-order valence-electron chi connectivity index (χ1n) is 4.20. The predicted molar refractivity (Wildman–Crippen MR) is 49.4 cm³/mol. The minimum absolute atomic E-state index is 0.445. The molecule has 2 aromatic rings. The summed E-state index contributed by atoms with van der Waals surface area (Å²) in [6.07, 6.45) is 3.23. The second kappa shape index (κ2) is 3.77. The third kappa shape index (κ3) is 1.65. The Hall–Kier alpha value is -2.05. The molecular formula is C7H9N7. The monoisotopic (exact) mass is 191 g/mol. The van der Waals surface area contributed by atoms with Crippen LogP contribution in [0, 0.1) is 0 Å². The summed E-state index contributed by atoms with van der Waals surface area (Å²) in [6.45, 7) is 2.81. The van der Waals surface area contributed by atoms with E-state index in [0.717, 1.165) is 12.4 Å². The molecule has 0 aliphatic heterocycles. The molecule has 7 nitrogen and oxygen atoms in total. The zero-order valence-electron chi connectivity index (χ0n) is 7.60. The Morgan fingerprint density at radius 1 is 1.36 bits per heavy atom. The molecule has 0 spiro atoms. The summed E-state index contributed by atoms with van der Waals surface area (Å²) >= 11 is 0. The van der Waals surface area contributed by atoms with Crippen molar-refractivity contribution >= 4 is 5.82 Å². The summed E-state index contributed by atoms with van der Waals surface area (Å²) in [5, 5.41) is 16.4. The molecule has 2 heterocycles. The Balaban J connectivity index is 2.22. The Morgan fingerprint density at radius 2 is 2.29 bits per heavy atom. The fourth-order valence-electron chi connectivity index (χ4n) is 0.986. The molecule has 0 saturated heterocycles.